The van der Waals surface area contributed by atoms with E-state index in [-0.39, 0.29) is 5.92 Å². The Balaban J connectivity index is 1.77. The average Bonchev–Trinajstić information content (AvgIpc) is 3.50. The lowest BCUT2D eigenvalue weighted by Gasteiger charge is -2.17. The first kappa shape index (κ1) is 21.9. The van der Waals surface area contributed by atoms with E-state index in [4.69, 9.17) is 4.74 Å². The maximum atomic E-state index is 13.9. The van der Waals surface area contributed by atoms with Crippen molar-refractivity contribution in [3.8, 4) is 5.75 Å². The van der Waals surface area contributed by atoms with Gasteiger partial charge >= 0.3 is 12.3 Å². The fraction of sp³-hybridized carbons (Fsp3) is 0.350. The Morgan fingerprint density at radius 1 is 1.00 bits per heavy atom. The fourth-order valence-corrected chi connectivity index (χ4v) is 3.05. The van der Waals surface area contributed by atoms with Crippen LogP contribution in [-0.4, -0.2) is 12.3 Å². The number of esters is 1. The van der Waals surface area contributed by atoms with E-state index in [9.17, 15) is 35.5 Å². The van der Waals surface area contributed by atoms with Gasteiger partial charge in [-0.2, -0.15) is 0 Å². The molecule has 2 aromatic rings. The monoisotopic (exact) mass is 436 g/mol. The predicted molar refractivity (Wildman–Crippen MR) is 89.4 cm³/mol. The molecule has 3 rings (SSSR count). The molecule has 1 aliphatic carbocycles. The Kier molecular flexibility index (Phi) is 5.96. The average molecular weight is 436 g/mol. The molecular formula is C20H15F7O3. The van der Waals surface area contributed by atoms with Gasteiger partial charge in [-0.3, -0.25) is 4.79 Å². The molecule has 0 N–H and O–H groups in total. The third kappa shape index (κ3) is 4.68. The van der Waals surface area contributed by atoms with Crippen molar-refractivity contribution in [2.45, 2.75) is 38.7 Å². The number of hydrogen-bond donors (Lipinski definition) is 0. The second kappa shape index (κ2) is 8.16. The zero-order valence-corrected chi connectivity index (χ0v) is 15.5. The zero-order valence-electron chi connectivity index (χ0n) is 15.5. The van der Waals surface area contributed by atoms with Gasteiger partial charge in [0.1, 0.15) is 12.4 Å². The van der Waals surface area contributed by atoms with Crippen LogP contribution in [0.2, 0.25) is 0 Å². The molecule has 30 heavy (non-hydrogen) atoms. The van der Waals surface area contributed by atoms with Gasteiger partial charge in [0, 0.05) is 5.56 Å². The first-order valence-electron chi connectivity index (χ1n) is 8.83. The van der Waals surface area contributed by atoms with Crippen molar-refractivity contribution in [1.29, 1.82) is 0 Å². The third-order valence-corrected chi connectivity index (χ3v) is 4.75. The van der Waals surface area contributed by atoms with Gasteiger partial charge in [0.05, 0.1) is 11.5 Å². The number of carbonyl (C=O) groups excluding carboxylic acids is 1. The SMILES string of the molecule is Cc1c(F)c(F)c(COC(=O)C(c2ccc(OC(F)(F)F)cc2)C2CC2)c(F)c1F. The molecule has 0 bridgehead atoms. The Hall–Kier alpha value is -2.78. The van der Waals surface area contributed by atoms with Crippen molar-refractivity contribution in [1.82, 2.24) is 0 Å². The van der Waals surface area contributed by atoms with E-state index in [1.165, 1.54) is 12.1 Å². The molecule has 162 valence electrons. The molecule has 0 amide bonds. The highest BCUT2D eigenvalue weighted by Gasteiger charge is 2.39. The van der Waals surface area contributed by atoms with E-state index < -0.39 is 65.0 Å². The van der Waals surface area contributed by atoms with Crippen molar-refractivity contribution in [2.75, 3.05) is 0 Å². The van der Waals surface area contributed by atoms with Crippen molar-refractivity contribution in [3.05, 3.63) is 64.2 Å². The van der Waals surface area contributed by atoms with Crippen molar-refractivity contribution in [2.24, 2.45) is 5.92 Å². The molecule has 0 aliphatic heterocycles. The molecule has 0 spiro atoms. The Morgan fingerprint density at radius 3 is 2.00 bits per heavy atom. The maximum Gasteiger partial charge on any atom is 0.573 e. The zero-order chi connectivity index (χ0) is 22.2. The summed E-state index contributed by atoms with van der Waals surface area (Å²) in [5, 5.41) is 0. The van der Waals surface area contributed by atoms with Crippen LogP contribution in [0.25, 0.3) is 0 Å². The normalized spacial score (nSPS) is 15.1. The number of ether oxygens (including phenoxy) is 2. The summed E-state index contributed by atoms with van der Waals surface area (Å²) in [7, 11) is 0. The standard InChI is InChI=1S/C20H15F7O3/c1-9-15(21)17(23)13(18(24)16(9)22)8-29-19(28)14(10-2-3-10)11-4-6-12(7-5-11)30-20(25,26)27/h4-7,10,14H,2-3,8H2,1H3. The van der Waals surface area contributed by atoms with E-state index in [1.54, 1.807) is 0 Å². The lowest BCUT2D eigenvalue weighted by atomic mass is 9.94. The topological polar surface area (TPSA) is 35.5 Å². The van der Waals surface area contributed by atoms with Gasteiger partial charge in [-0.05, 0) is 43.4 Å². The van der Waals surface area contributed by atoms with Crippen molar-refractivity contribution < 1.29 is 45.0 Å². The summed E-state index contributed by atoms with van der Waals surface area (Å²) in [4.78, 5) is 12.5. The van der Waals surface area contributed by atoms with Gasteiger partial charge in [0.25, 0.3) is 0 Å². The van der Waals surface area contributed by atoms with Crippen LogP contribution in [-0.2, 0) is 16.1 Å². The van der Waals surface area contributed by atoms with E-state index in [0.717, 1.165) is 19.1 Å². The van der Waals surface area contributed by atoms with Gasteiger partial charge < -0.3 is 9.47 Å². The van der Waals surface area contributed by atoms with Crippen molar-refractivity contribution >= 4 is 5.97 Å². The van der Waals surface area contributed by atoms with Gasteiger partial charge in [-0.15, -0.1) is 13.2 Å². The van der Waals surface area contributed by atoms with Crippen LogP contribution in [0.1, 0.15) is 35.4 Å². The predicted octanol–water partition coefficient (Wildman–Crippen LogP) is 5.69. The van der Waals surface area contributed by atoms with Crippen LogP contribution < -0.4 is 4.74 Å². The van der Waals surface area contributed by atoms with Gasteiger partial charge in [0.2, 0.25) is 0 Å². The minimum Gasteiger partial charge on any atom is -0.460 e. The van der Waals surface area contributed by atoms with Crippen LogP contribution in [0.4, 0.5) is 30.7 Å². The molecule has 1 fully saturated rings. The third-order valence-electron chi connectivity index (χ3n) is 4.75. The number of hydrogen-bond acceptors (Lipinski definition) is 3. The Bertz CT molecular complexity index is 921. The lowest BCUT2D eigenvalue weighted by molar-refractivity contribution is -0.274. The number of benzene rings is 2. The second-order valence-electron chi connectivity index (χ2n) is 6.90. The Morgan fingerprint density at radius 2 is 1.53 bits per heavy atom. The summed E-state index contributed by atoms with van der Waals surface area (Å²) in [5.74, 6) is -8.96. The molecule has 1 unspecified atom stereocenters. The molecule has 3 nitrogen and oxygen atoms in total. The van der Waals surface area contributed by atoms with Crippen LogP contribution in [0.15, 0.2) is 24.3 Å². The highest BCUT2D eigenvalue weighted by molar-refractivity contribution is 5.79. The van der Waals surface area contributed by atoms with E-state index >= 15 is 0 Å². The summed E-state index contributed by atoms with van der Waals surface area (Å²) in [5.41, 5.74) is -1.58. The highest BCUT2D eigenvalue weighted by Crippen LogP contribution is 2.44. The lowest BCUT2D eigenvalue weighted by Crippen LogP contribution is -2.20. The van der Waals surface area contributed by atoms with Crippen LogP contribution in [0.5, 0.6) is 5.75 Å². The summed E-state index contributed by atoms with van der Waals surface area (Å²) < 4.78 is 101. The summed E-state index contributed by atoms with van der Waals surface area (Å²) in [6, 6.07) is 4.54. The summed E-state index contributed by atoms with van der Waals surface area (Å²) in [6.07, 6.45) is -3.60. The fourth-order valence-electron chi connectivity index (χ4n) is 3.05. The molecular weight excluding hydrogens is 421 g/mol. The van der Waals surface area contributed by atoms with Crippen molar-refractivity contribution in [3.63, 3.8) is 0 Å². The molecule has 0 heterocycles. The first-order chi connectivity index (χ1) is 14.0. The smallest absolute Gasteiger partial charge is 0.460 e. The molecule has 1 atom stereocenters. The molecule has 0 aromatic heterocycles. The first-order valence-corrected chi connectivity index (χ1v) is 8.83. The van der Waals surface area contributed by atoms with E-state index in [0.29, 0.717) is 18.4 Å². The molecule has 0 radical (unpaired) electrons. The molecule has 1 aliphatic rings. The van der Waals surface area contributed by atoms with Gasteiger partial charge in [-0.1, -0.05) is 12.1 Å². The molecule has 1 saturated carbocycles. The van der Waals surface area contributed by atoms with Gasteiger partial charge in [-0.25, -0.2) is 17.6 Å². The molecule has 10 heteroatoms. The Labute approximate surface area is 166 Å². The van der Waals surface area contributed by atoms with Crippen LogP contribution >= 0.6 is 0 Å². The van der Waals surface area contributed by atoms with Crippen LogP contribution in [0.3, 0.4) is 0 Å². The summed E-state index contributed by atoms with van der Waals surface area (Å²) in [6.45, 7) is -0.176. The second-order valence-corrected chi connectivity index (χ2v) is 6.90. The largest absolute Gasteiger partial charge is 0.573 e. The quantitative estimate of drug-likeness (QED) is 0.332. The summed E-state index contributed by atoms with van der Waals surface area (Å²) >= 11 is 0. The minimum absolute atomic E-state index is 0.173. The van der Waals surface area contributed by atoms with Gasteiger partial charge in [0.15, 0.2) is 23.3 Å². The van der Waals surface area contributed by atoms with E-state index in [2.05, 4.69) is 4.74 Å². The van der Waals surface area contributed by atoms with E-state index in [1.807, 2.05) is 0 Å². The number of rotatable bonds is 6. The molecule has 2 aromatic carbocycles. The molecule has 0 saturated heterocycles. The minimum atomic E-state index is -4.87. The number of carbonyl (C=O) groups is 1. The number of halogens is 7. The highest BCUT2D eigenvalue weighted by atomic mass is 19.4. The maximum absolute atomic E-state index is 13.9. The van der Waals surface area contributed by atoms with Crippen LogP contribution in [0, 0.1) is 36.1 Å². The number of alkyl halides is 3.